The lowest BCUT2D eigenvalue weighted by atomic mass is 9.80. The summed E-state index contributed by atoms with van der Waals surface area (Å²) in [6.07, 6.45) is 11.4. The molecule has 17 heavy (non-hydrogen) atoms. The molecular weight excluding hydrogens is 208 g/mol. The molecule has 1 aromatic rings. The van der Waals surface area contributed by atoms with E-state index in [0.717, 1.165) is 17.9 Å². The van der Waals surface area contributed by atoms with Crippen LogP contribution in [0.2, 0.25) is 0 Å². The standard InChI is InChI=1S/C15H24N2/c1-11-7-12(2)9-13(8-11)17-10-16-14-5-3-4-6-15(14)17/h10-13H,3-9H2,1-2H3. The van der Waals surface area contributed by atoms with Gasteiger partial charge in [-0.15, -0.1) is 0 Å². The molecule has 2 atom stereocenters. The molecule has 1 aromatic heterocycles. The van der Waals surface area contributed by atoms with Gasteiger partial charge in [-0.05, 0) is 56.8 Å². The van der Waals surface area contributed by atoms with Crippen LogP contribution in [0.3, 0.4) is 0 Å². The summed E-state index contributed by atoms with van der Waals surface area (Å²) in [5.41, 5.74) is 2.95. The molecule has 1 heterocycles. The van der Waals surface area contributed by atoms with Gasteiger partial charge in [-0.25, -0.2) is 4.98 Å². The fourth-order valence-corrected chi connectivity index (χ4v) is 3.94. The van der Waals surface area contributed by atoms with Crippen LogP contribution in [0.4, 0.5) is 0 Å². The highest BCUT2D eigenvalue weighted by Gasteiger charge is 2.27. The minimum absolute atomic E-state index is 0.725. The molecule has 0 saturated heterocycles. The van der Waals surface area contributed by atoms with Gasteiger partial charge in [0.05, 0.1) is 12.0 Å². The minimum Gasteiger partial charge on any atom is -0.331 e. The lowest BCUT2D eigenvalue weighted by Crippen LogP contribution is -2.24. The zero-order valence-electron chi connectivity index (χ0n) is 11.2. The topological polar surface area (TPSA) is 17.8 Å². The van der Waals surface area contributed by atoms with Crippen LogP contribution in [0.1, 0.15) is 63.4 Å². The van der Waals surface area contributed by atoms with Gasteiger partial charge in [-0.3, -0.25) is 0 Å². The van der Waals surface area contributed by atoms with Crippen molar-refractivity contribution >= 4 is 0 Å². The van der Waals surface area contributed by atoms with Gasteiger partial charge >= 0.3 is 0 Å². The normalized spacial score (nSPS) is 33.4. The van der Waals surface area contributed by atoms with Gasteiger partial charge in [0.15, 0.2) is 0 Å². The second-order valence-electron chi connectivity index (χ2n) is 6.32. The molecule has 0 bridgehead atoms. The Morgan fingerprint density at radius 2 is 1.76 bits per heavy atom. The third-order valence-electron chi connectivity index (χ3n) is 4.61. The van der Waals surface area contributed by atoms with Gasteiger partial charge in [-0.1, -0.05) is 13.8 Å². The van der Waals surface area contributed by atoms with Gasteiger partial charge in [0.2, 0.25) is 0 Å². The highest BCUT2D eigenvalue weighted by atomic mass is 15.1. The predicted molar refractivity (Wildman–Crippen MR) is 70.1 cm³/mol. The van der Waals surface area contributed by atoms with Gasteiger partial charge < -0.3 is 4.57 Å². The average molecular weight is 232 g/mol. The molecule has 3 rings (SSSR count). The molecule has 2 unspecified atom stereocenters. The Morgan fingerprint density at radius 1 is 1.06 bits per heavy atom. The lowest BCUT2D eigenvalue weighted by molar-refractivity contribution is 0.218. The van der Waals surface area contributed by atoms with E-state index >= 15 is 0 Å². The van der Waals surface area contributed by atoms with E-state index in [4.69, 9.17) is 0 Å². The van der Waals surface area contributed by atoms with E-state index in [0.29, 0.717) is 0 Å². The smallest absolute Gasteiger partial charge is 0.0954 e. The number of aromatic nitrogens is 2. The first-order valence-corrected chi connectivity index (χ1v) is 7.28. The first kappa shape index (κ1) is 11.3. The molecule has 1 fully saturated rings. The van der Waals surface area contributed by atoms with Crippen molar-refractivity contribution in [1.82, 2.24) is 9.55 Å². The first-order chi connectivity index (χ1) is 8.24. The van der Waals surface area contributed by atoms with Crippen molar-refractivity contribution in [3.05, 3.63) is 17.7 Å². The Kier molecular flexibility index (Phi) is 2.97. The molecule has 2 nitrogen and oxygen atoms in total. The van der Waals surface area contributed by atoms with Crippen LogP contribution in [-0.4, -0.2) is 9.55 Å². The Balaban J connectivity index is 1.85. The second-order valence-corrected chi connectivity index (χ2v) is 6.32. The number of hydrogen-bond donors (Lipinski definition) is 0. The van der Waals surface area contributed by atoms with Crippen molar-refractivity contribution in [1.29, 1.82) is 0 Å². The SMILES string of the molecule is CC1CC(C)CC(n2cnc3c2CCCC3)C1. The summed E-state index contributed by atoms with van der Waals surface area (Å²) in [5.74, 6) is 1.76. The van der Waals surface area contributed by atoms with E-state index in [9.17, 15) is 0 Å². The second kappa shape index (κ2) is 4.47. The van der Waals surface area contributed by atoms with E-state index in [1.54, 1.807) is 5.69 Å². The number of fused-ring (bicyclic) bond motifs is 1. The lowest BCUT2D eigenvalue weighted by Gasteiger charge is -2.33. The van der Waals surface area contributed by atoms with Gasteiger partial charge in [0, 0.05) is 11.7 Å². The molecule has 94 valence electrons. The van der Waals surface area contributed by atoms with E-state index in [-0.39, 0.29) is 0 Å². The van der Waals surface area contributed by atoms with Gasteiger partial charge in [-0.2, -0.15) is 0 Å². The molecule has 2 aliphatic rings. The summed E-state index contributed by atoms with van der Waals surface area (Å²) < 4.78 is 2.53. The summed E-state index contributed by atoms with van der Waals surface area (Å²) >= 11 is 0. The highest BCUT2D eigenvalue weighted by Crippen LogP contribution is 2.37. The summed E-state index contributed by atoms with van der Waals surface area (Å²) in [6, 6.07) is 0.725. The quantitative estimate of drug-likeness (QED) is 0.721. The average Bonchev–Trinajstić information content (AvgIpc) is 2.71. The molecule has 0 spiro atoms. The summed E-state index contributed by atoms with van der Waals surface area (Å²) in [5, 5.41) is 0. The molecular formula is C15H24N2. The van der Waals surface area contributed by atoms with Crippen molar-refractivity contribution in [2.24, 2.45) is 11.8 Å². The molecule has 1 saturated carbocycles. The first-order valence-electron chi connectivity index (χ1n) is 7.28. The molecule has 2 aliphatic carbocycles. The Bertz CT molecular complexity index is 384. The van der Waals surface area contributed by atoms with Crippen LogP contribution in [0.15, 0.2) is 6.33 Å². The predicted octanol–water partition coefficient (Wildman–Crippen LogP) is 3.76. The highest BCUT2D eigenvalue weighted by molar-refractivity contribution is 5.17. The zero-order valence-corrected chi connectivity index (χ0v) is 11.2. The van der Waals surface area contributed by atoms with Crippen LogP contribution in [0, 0.1) is 11.8 Å². The molecule has 2 heteroatoms. The molecule has 0 N–H and O–H groups in total. The van der Waals surface area contributed by atoms with E-state index in [1.807, 2.05) is 0 Å². The summed E-state index contributed by atoms with van der Waals surface area (Å²) in [4.78, 5) is 4.64. The van der Waals surface area contributed by atoms with Crippen molar-refractivity contribution in [3.8, 4) is 0 Å². The van der Waals surface area contributed by atoms with E-state index < -0.39 is 0 Å². The maximum atomic E-state index is 4.64. The van der Waals surface area contributed by atoms with E-state index in [1.165, 1.54) is 50.6 Å². The number of rotatable bonds is 1. The fourth-order valence-electron chi connectivity index (χ4n) is 3.94. The maximum absolute atomic E-state index is 4.64. The number of nitrogens with zero attached hydrogens (tertiary/aromatic N) is 2. The van der Waals surface area contributed by atoms with Crippen LogP contribution >= 0.6 is 0 Å². The number of imidazole rings is 1. The van der Waals surface area contributed by atoms with Crippen molar-refractivity contribution in [2.75, 3.05) is 0 Å². The van der Waals surface area contributed by atoms with Crippen LogP contribution in [0.25, 0.3) is 0 Å². The Morgan fingerprint density at radius 3 is 2.53 bits per heavy atom. The molecule has 0 aliphatic heterocycles. The van der Waals surface area contributed by atoms with Crippen LogP contribution < -0.4 is 0 Å². The van der Waals surface area contributed by atoms with Crippen molar-refractivity contribution < 1.29 is 0 Å². The number of hydrogen-bond acceptors (Lipinski definition) is 1. The van der Waals surface area contributed by atoms with Gasteiger partial charge in [0.1, 0.15) is 0 Å². The summed E-state index contributed by atoms with van der Waals surface area (Å²) in [6.45, 7) is 4.82. The molecule has 0 amide bonds. The van der Waals surface area contributed by atoms with Crippen molar-refractivity contribution in [3.63, 3.8) is 0 Å². The van der Waals surface area contributed by atoms with Crippen molar-refractivity contribution in [2.45, 2.75) is 64.8 Å². The fraction of sp³-hybridized carbons (Fsp3) is 0.800. The minimum atomic E-state index is 0.725. The zero-order chi connectivity index (χ0) is 11.8. The maximum Gasteiger partial charge on any atom is 0.0954 e. The molecule has 0 aromatic carbocycles. The third-order valence-corrected chi connectivity index (χ3v) is 4.61. The van der Waals surface area contributed by atoms with Crippen LogP contribution in [-0.2, 0) is 12.8 Å². The Labute approximate surface area is 104 Å². The third kappa shape index (κ3) is 2.14. The Hall–Kier alpha value is -0.790. The van der Waals surface area contributed by atoms with Gasteiger partial charge in [0.25, 0.3) is 0 Å². The molecule has 0 radical (unpaired) electrons. The van der Waals surface area contributed by atoms with Crippen LogP contribution in [0.5, 0.6) is 0 Å². The largest absolute Gasteiger partial charge is 0.331 e. The summed E-state index contributed by atoms with van der Waals surface area (Å²) in [7, 11) is 0. The van der Waals surface area contributed by atoms with E-state index in [2.05, 4.69) is 29.7 Å². The monoisotopic (exact) mass is 232 g/mol. The number of aryl methyl sites for hydroxylation is 1.